The van der Waals surface area contributed by atoms with E-state index < -0.39 is 29.0 Å². The summed E-state index contributed by atoms with van der Waals surface area (Å²) >= 11 is 1.26. The van der Waals surface area contributed by atoms with Crippen LogP contribution >= 0.6 is 11.3 Å². The predicted molar refractivity (Wildman–Crippen MR) is 110 cm³/mol. The number of H-pyrrole nitrogens is 1. The van der Waals surface area contributed by atoms with Gasteiger partial charge in [0, 0.05) is 11.6 Å². The molecule has 9 heteroatoms. The van der Waals surface area contributed by atoms with Crippen LogP contribution in [0.25, 0.3) is 10.9 Å². The molecule has 0 unspecified atom stereocenters. The van der Waals surface area contributed by atoms with Crippen LogP contribution in [0.15, 0.2) is 39.4 Å². The van der Waals surface area contributed by atoms with Gasteiger partial charge in [-0.2, -0.15) is 0 Å². The van der Waals surface area contributed by atoms with E-state index in [4.69, 9.17) is 0 Å². The van der Waals surface area contributed by atoms with E-state index in [1.54, 1.807) is 11.6 Å². The second kappa shape index (κ2) is 8.28. The zero-order chi connectivity index (χ0) is 20.4. The fourth-order valence-electron chi connectivity index (χ4n) is 4.03. The van der Waals surface area contributed by atoms with Gasteiger partial charge in [-0.05, 0) is 30.5 Å². The first kappa shape index (κ1) is 19.5. The van der Waals surface area contributed by atoms with Crippen molar-refractivity contribution in [1.29, 1.82) is 0 Å². The highest BCUT2D eigenvalue weighted by atomic mass is 32.1. The molecule has 0 radical (unpaired) electrons. The number of thiazole rings is 1. The van der Waals surface area contributed by atoms with Crippen molar-refractivity contribution in [3.8, 4) is 0 Å². The van der Waals surface area contributed by atoms with E-state index in [-0.39, 0.29) is 16.8 Å². The summed E-state index contributed by atoms with van der Waals surface area (Å²) in [5.41, 5.74) is -1.10. The van der Waals surface area contributed by atoms with Gasteiger partial charge >= 0.3 is 5.69 Å². The summed E-state index contributed by atoms with van der Waals surface area (Å²) in [6, 6.07) is 2.62. The first-order valence-electron chi connectivity index (χ1n) is 9.67. The molecule has 0 aliphatic heterocycles. The summed E-state index contributed by atoms with van der Waals surface area (Å²) < 4.78 is 14.6. The molecule has 3 aromatic rings. The lowest BCUT2D eigenvalue weighted by molar-refractivity contribution is -0.120. The van der Waals surface area contributed by atoms with Crippen LogP contribution in [0.2, 0.25) is 0 Å². The number of nitrogens with zero attached hydrogens (tertiary/aromatic N) is 2. The molecule has 2 heterocycles. The predicted octanol–water partition coefficient (Wildman–Crippen LogP) is 3.44. The molecule has 29 heavy (non-hydrogen) atoms. The van der Waals surface area contributed by atoms with Gasteiger partial charge in [0.05, 0.1) is 10.9 Å². The topological polar surface area (TPSA) is 96.8 Å². The lowest BCUT2D eigenvalue weighted by atomic mass is 9.84. The number of amides is 1. The van der Waals surface area contributed by atoms with Gasteiger partial charge in [0.1, 0.15) is 11.9 Å². The molecule has 1 saturated carbocycles. The van der Waals surface area contributed by atoms with Crippen molar-refractivity contribution in [1.82, 2.24) is 14.5 Å². The number of aromatic amines is 1. The average Bonchev–Trinajstić information content (AvgIpc) is 3.21. The van der Waals surface area contributed by atoms with E-state index in [2.05, 4.69) is 15.3 Å². The van der Waals surface area contributed by atoms with Crippen molar-refractivity contribution in [3.05, 3.63) is 56.4 Å². The van der Waals surface area contributed by atoms with E-state index in [9.17, 15) is 18.8 Å². The van der Waals surface area contributed by atoms with Gasteiger partial charge in [-0.1, -0.05) is 32.1 Å². The zero-order valence-electron chi connectivity index (χ0n) is 15.7. The number of hydrogen-bond donors (Lipinski definition) is 2. The Bertz CT molecular complexity index is 1130. The van der Waals surface area contributed by atoms with Crippen molar-refractivity contribution in [2.75, 3.05) is 5.32 Å². The lowest BCUT2D eigenvalue weighted by Gasteiger charge is -2.26. The Balaban J connectivity index is 1.78. The fourth-order valence-corrected chi connectivity index (χ4v) is 4.56. The fraction of sp³-hybridized carbons (Fsp3) is 0.400. The lowest BCUT2D eigenvalue weighted by Crippen LogP contribution is -2.43. The molecular formula is C20H21FN4O3S. The monoisotopic (exact) mass is 416 g/mol. The number of carbonyl (C=O) groups excluding carboxylic acids is 1. The standard InChI is InChI=1S/C20H21FN4O3S/c21-13-6-7-15-14(11-13)18(27)25(20(28)23-15)16(10-12-4-2-1-3-5-12)17(26)24-19-22-8-9-29-19/h6-9,11-12,16H,1-5,10H2,(H,23,28)(H,22,24,26)/t16-/m0/s1. The van der Waals surface area contributed by atoms with Crippen molar-refractivity contribution in [2.24, 2.45) is 5.92 Å². The smallest absolute Gasteiger partial charge is 0.307 e. The van der Waals surface area contributed by atoms with Crippen LogP contribution in [0.5, 0.6) is 0 Å². The third-order valence-electron chi connectivity index (χ3n) is 5.45. The van der Waals surface area contributed by atoms with Crippen LogP contribution in [0.3, 0.4) is 0 Å². The maximum Gasteiger partial charge on any atom is 0.329 e. The Labute approximate surface area is 169 Å². The Hall–Kier alpha value is -2.81. The number of hydrogen-bond acceptors (Lipinski definition) is 5. The van der Waals surface area contributed by atoms with Crippen LogP contribution in [0, 0.1) is 11.7 Å². The van der Waals surface area contributed by atoms with Gasteiger partial charge < -0.3 is 10.3 Å². The van der Waals surface area contributed by atoms with Gasteiger partial charge in [0.2, 0.25) is 5.91 Å². The van der Waals surface area contributed by atoms with E-state index in [0.717, 1.165) is 42.7 Å². The number of halogens is 1. The zero-order valence-corrected chi connectivity index (χ0v) is 16.5. The highest BCUT2D eigenvalue weighted by Crippen LogP contribution is 2.31. The number of nitrogens with one attached hydrogen (secondary N) is 2. The molecular weight excluding hydrogens is 395 g/mol. The molecule has 1 aliphatic rings. The molecule has 4 rings (SSSR count). The minimum atomic E-state index is -0.995. The number of carbonyl (C=O) groups is 1. The minimum Gasteiger partial charge on any atom is -0.307 e. The quantitative estimate of drug-likeness (QED) is 0.666. The van der Waals surface area contributed by atoms with Crippen LogP contribution in [-0.2, 0) is 4.79 Å². The first-order chi connectivity index (χ1) is 14.0. The molecule has 2 aromatic heterocycles. The molecule has 1 atom stereocenters. The second-order valence-corrected chi connectivity index (χ2v) is 8.27. The van der Waals surface area contributed by atoms with Gasteiger partial charge in [-0.15, -0.1) is 11.3 Å². The van der Waals surface area contributed by atoms with Crippen LogP contribution in [-0.4, -0.2) is 20.4 Å². The molecule has 7 nitrogen and oxygen atoms in total. The van der Waals surface area contributed by atoms with Crippen molar-refractivity contribution >= 4 is 33.3 Å². The molecule has 1 aromatic carbocycles. The summed E-state index contributed by atoms with van der Waals surface area (Å²) in [5, 5.41) is 4.88. The van der Waals surface area contributed by atoms with Crippen LogP contribution in [0.4, 0.5) is 9.52 Å². The number of fused-ring (bicyclic) bond motifs is 1. The van der Waals surface area contributed by atoms with Gasteiger partial charge in [0.25, 0.3) is 5.56 Å². The number of benzene rings is 1. The van der Waals surface area contributed by atoms with Gasteiger partial charge in [-0.3, -0.25) is 9.59 Å². The molecule has 2 N–H and O–H groups in total. The third-order valence-corrected chi connectivity index (χ3v) is 6.14. The highest BCUT2D eigenvalue weighted by molar-refractivity contribution is 7.13. The molecule has 1 fully saturated rings. The normalized spacial score (nSPS) is 16.0. The van der Waals surface area contributed by atoms with Crippen LogP contribution in [0.1, 0.15) is 44.6 Å². The Morgan fingerprint density at radius 3 is 2.83 bits per heavy atom. The number of aromatic nitrogens is 3. The molecule has 0 saturated heterocycles. The largest absolute Gasteiger partial charge is 0.329 e. The second-order valence-electron chi connectivity index (χ2n) is 7.38. The van der Waals surface area contributed by atoms with E-state index in [0.29, 0.717) is 11.6 Å². The van der Waals surface area contributed by atoms with Gasteiger partial charge in [-0.25, -0.2) is 18.7 Å². The van der Waals surface area contributed by atoms with Crippen molar-refractivity contribution < 1.29 is 9.18 Å². The highest BCUT2D eigenvalue weighted by Gasteiger charge is 2.29. The Morgan fingerprint density at radius 1 is 1.31 bits per heavy atom. The van der Waals surface area contributed by atoms with E-state index >= 15 is 0 Å². The Morgan fingerprint density at radius 2 is 2.10 bits per heavy atom. The molecule has 0 bridgehead atoms. The summed E-state index contributed by atoms with van der Waals surface area (Å²) in [7, 11) is 0. The van der Waals surface area contributed by atoms with E-state index in [1.807, 2.05) is 0 Å². The third kappa shape index (κ3) is 4.14. The number of rotatable bonds is 5. The maximum absolute atomic E-state index is 13.7. The molecule has 152 valence electrons. The summed E-state index contributed by atoms with van der Waals surface area (Å²) in [6.07, 6.45) is 7.14. The summed E-state index contributed by atoms with van der Waals surface area (Å²) in [6.45, 7) is 0. The first-order valence-corrected chi connectivity index (χ1v) is 10.6. The summed E-state index contributed by atoms with van der Waals surface area (Å²) in [5.74, 6) is -0.802. The molecule has 1 amide bonds. The summed E-state index contributed by atoms with van der Waals surface area (Å²) in [4.78, 5) is 45.5. The molecule has 0 spiro atoms. The average molecular weight is 416 g/mol. The van der Waals surface area contributed by atoms with Crippen molar-refractivity contribution in [2.45, 2.75) is 44.6 Å². The van der Waals surface area contributed by atoms with Crippen molar-refractivity contribution in [3.63, 3.8) is 0 Å². The minimum absolute atomic E-state index is 0.0419. The van der Waals surface area contributed by atoms with E-state index in [1.165, 1.54) is 23.5 Å². The van der Waals surface area contributed by atoms with Gasteiger partial charge in [0.15, 0.2) is 5.13 Å². The molecule has 1 aliphatic carbocycles. The Kier molecular flexibility index (Phi) is 5.57. The maximum atomic E-state index is 13.7. The number of anilines is 1. The SMILES string of the molecule is O=C(Nc1nccs1)[C@H](CC1CCCCC1)n1c(=O)[nH]c2ccc(F)cc2c1=O. The van der Waals surface area contributed by atoms with Crippen LogP contribution < -0.4 is 16.6 Å².